The fraction of sp³-hybridized carbons (Fsp3) is 0.933. The maximum absolute atomic E-state index is 9.90. The molecule has 1 N–H and O–H groups in total. The zero-order valence-corrected chi connectivity index (χ0v) is 16.2. The van der Waals surface area contributed by atoms with Crippen LogP contribution in [-0.2, 0) is 4.79 Å². The monoisotopic (exact) mass is 386 g/mol. The van der Waals surface area contributed by atoms with Gasteiger partial charge in [-0.15, -0.1) is 11.7 Å². The van der Waals surface area contributed by atoms with Crippen LogP contribution in [0.3, 0.4) is 0 Å². The molecule has 1 unspecified atom stereocenters. The highest BCUT2D eigenvalue weighted by atomic mass is 79.9. The van der Waals surface area contributed by atoms with Crippen molar-refractivity contribution in [3.63, 3.8) is 0 Å². The molecule has 20 heavy (non-hydrogen) atoms. The maximum atomic E-state index is 9.90. The summed E-state index contributed by atoms with van der Waals surface area (Å²) in [7, 11) is 1.67. The van der Waals surface area contributed by atoms with Gasteiger partial charge in [0.15, 0.2) is 0 Å². The standard InChI is InChI=1S/C11H24S2.C4H7BrO2/c1-2-3-4-5-6-7-8-9-10-11-13-12;1-3(2-5)4(6)7/h12H,2-11H2,1H3;3H,2H2,1H3,(H,6,7). The second-order valence-corrected chi connectivity index (χ2v) is 7.14. The first-order valence-electron chi connectivity index (χ1n) is 7.65. The van der Waals surface area contributed by atoms with Gasteiger partial charge >= 0.3 is 5.97 Å². The summed E-state index contributed by atoms with van der Waals surface area (Å²) in [6.45, 7) is 3.92. The fourth-order valence-electron chi connectivity index (χ4n) is 1.54. The second-order valence-electron chi connectivity index (χ2n) is 5.06. The lowest BCUT2D eigenvalue weighted by Gasteiger charge is -2.00. The minimum Gasteiger partial charge on any atom is -0.481 e. The number of rotatable bonds is 12. The normalized spacial score (nSPS) is 11.6. The van der Waals surface area contributed by atoms with Gasteiger partial charge in [0.25, 0.3) is 0 Å². The van der Waals surface area contributed by atoms with Gasteiger partial charge in [-0.3, -0.25) is 4.79 Å². The van der Waals surface area contributed by atoms with Crippen molar-refractivity contribution in [3.05, 3.63) is 0 Å². The molecule has 0 fully saturated rings. The Morgan fingerprint density at radius 1 is 1.10 bits per heavy atom. The molecule has 0 saturated carbocycles. The van der Waals surface area contributed by atoms with E-state index >= 15 is 0 Å². The number of unbranched alkanes of at least 4 members (excludes halogenated alkanes) is 8. The summed E-state index contributed by atoms with van der Waals surface area (Å²) in [5, 5.41) is 8.68. The quantitative estimate of drug-likeness (QED) is 0.181. The van der Waals surface area contributed by atoms with Crippen molar-refractivity contribution in [2.24, 2.45) is 5.92 Å². The summed E-state index contributed by atoms with van der Waals surface area (Å²) in [6, 6.07) is 0. The van der Waals surface area contributed by atoms with E-state index in [1.165, 1.54) is 63.5 Å². The molecule has 0 aliphatic carbocycles. The van der Waals surface area contributed by atoms with Crippen molar-refractivity contribution in [2.45, 2.75) is 71.6 Å². The van der Waals surface area contributed by atoms with E-state index in [-0.39, 0.29) is 5.92 Å². The SMILES string of the molecule is CC(CBr)C(=O)O.CCCCCCCCCCCSS. The minimum atomic E-state index is -0.753. The van der Waals surface area contributed by atoms with Gasteiger partial charge in [0.2, 0.25) is 0 Å². The molecular formula is C15H31BrO2S2. The van der Waals surface area contributed by atoms with E-state index in [1.807, 2.05) is 0 Å². The van der Waals surface area contributed by atoms with Crippen LogP contribution in [0, 0.1) is 5.92 Å². The average molecular weight is 387 g/mol. The van der Waals surface area contributed by atoms with Gasteiger partial charge < -0.3 is 5.11 Å². The number of carboxylic acid groups (broad SMARTS) is 1. The van der Waals surface area contributed by atoms with E-state index in [0.717, 1.165) is 0 Å². The number of halogens is 1. The van der Waals surface area contributed by atoms with E-state index in [9.17, 15) is 4.79 Å². The summed E-state index contributed by atoms with van der Waals surface area (Å²) >= 11 is 7.15. The van der Waals surface area contributed by atoms with Crippen LogP contribution in [0.2, 0.25) is 0 Å². The molecule has 2 nitrogen and oxygen atoms in total. The first-order valence-corrected chi connectivity index (χ1v) is 10.8. The zero-order valence-electron chi connectivity index (χ0n) is 12.9. The number of thiol groups is 1. The Hall–Kier alpha value is 0.650. The molecule has 0 aliphatic heterocycles. The molecule has 0 aromatic carbocycles. The molecule has 0 aromatic heterocycles. The molecule has 1 atom stereocenters. The molecule has 0 radical (unpaired) electrons. The van der Waals surface area contributed by atoms with Gasteiger partial charge in [0, 0.05) is 11.1 Å². The third-order valence-electron chi connectivity index (χ3n) is 2.99. The highest BCUT2D eigenvalue weighted by Crippen LogP contribution is 2.12. The van der Waals surface area contributed by atoms with Crippen LogP contribution >= 0.6 is 38.4 Å². The van der Waals surface area contributed by atoms with Crippen LogP contribution < -0.4 is 0 Å². The Kier molecular flexibility index (Phi) is 22.5. The maximum Gasteiger partial charge on any atom is 0.307 e. The summed E-state index contributed by atoms with van der Waals surface area (Å²) in [6.07, 6.45) is 12.8. The number of alkyl halides is 1. The van der Waals surface area contributed by atoms with E-state index in [4.69, 9.17) is 5.11 Å². The van der Waals surface area contributed by atoms with E-state index in [0.29, 0.717) is 5.33 Å². The summed E-state index contributed by atoms with van der Waals surface area (Å²) in [5.41, 5.74) is 0. The van der Waals surface area contributed by atoms with E-state index in [1.54, 1.807) is 17.7 Å². The molecule has 122 valence electrons. The predicted octanol–water partition coefficient (Wildman–Crippen LogP) is 6.20. The van der Waals surface area contributed by atoms with Gasteiger partial charge in [0.05, 0.1) is 5.92 Å². The van der Waals surface area contributed by atoms with Crippen LogP contribution in [0.4, 0.5) is 0 Å². The first kappa shape index (κ1) is 22.9. The van der Waals surface area contributed by atoms with Crippen LogP contribution in [-0.4, -0.2) is 22.2 Å². The molecule has 0 aromatic rings. The van der Waals surface area contributed by atoms with Crippen molar-refractivity contribution in [1.29, 1.82) is 0 Å². The number of hydrogen-bond donors (Lipinski definition) is 2. The number of carboxylic acids is 1. The molecular weight excluding hydrogens is 356 g/mol. The van der Waals surface area contributed by atoms with Crippen LogP contribution in [0.15, 0.2) is 0 Å². The Balaban J connectivity index is 0. The van der Waals surface area contributed by atoms with Gasteiger partial charge in [-0.2, -0.15) is 0 Å². The van der Waals surface area contributed by atoms with Crippen molar-refractivity contribution in [3.8, 4) is 0 Å². The molecule has 0 spiro atoms. The molecule has 0 rings (SSSR count). The number of carbonyl (C=O) groups is 1. The average Bonchev–Trinajstić information content (AvgIpc) is 2.45. The molecule has 5 heteroatoms. The molecule has 0 amide bonds. The van der Waals surface area contributed by atoms with Gasteiger partial charge in [-0.25, -0.2) is 0 Å². The highest BCUT2D eigenvalue weighted by molar-refractivity contribution is 9.09. The molecule has 0 bridgehead atoms. The topological polar surface area (TPSA) is 37.3 Å². The lowest BCUT2D eigenvalue weighted by molar-refractivity contribution is -0.140. The van der Waals surface area contributed by atoms with Crippen molar-refractivity contribution in [1.82, 2.24) is 0 Å². The highest BCUT2D eigenvalue weighted by Gasteiger charge is 2.06. The first-order chi connectivity index (χ1) is 9.59. The van der Waals surface area contributed by atoms with Gasteiger partial charge in [-0.05, 0) is 6.42 Å². The molecule has 0 heterocycles. The number of hydrogen-bond acceptors (Lipinski definition) is 3. The van der Waals surface area contributed by atoms with Gasteiger partial charge in [0.1, 0.15) is 0 Å². The Morgan fingerprint density at radius 2 is 1.55 bits per heavy atom. The van der Waals surface area contributed by atoms with Gasteiger partial charge in [-0.1, -0.05) is 91.9 Å². The second kappa shape index (κ2) is 19.7. The fourth-order valence-corrected chi connectivity index (χ4v) is 2.54. The summed E-state index contributed by atoms with van der Waals surface area (Å²) in [4.78, 5) is 9.90. The van der Waals surface area contributed by atoms with Crippen molar-refractivity contribution in [2.75, 3.05) is 11.1 Å². The van der Waals surface area contributed by atoms with Crippen LogP contribution in [0.25, 0.3) is 0 Å². The number of aliphatic carboxylic acids is 1. The minimum absolute atomic E-state index is 0.264. The largest absolute Gasteiger partial charge is 0.481 e. The smallest absolute Gasteiger partial charge is 0.307 e. The predicted molar refractivity (Wildman–Crippen MR) is 99.3 cm³/mol. The lowest BCUT2D eigenvalue weighted by Crippen LogP contribution is -2.09. The third kappa shape index (κ3) is 21.0. The summed E-state index contributed by atoms with van der Waals surface area (Å²) in [5.74, 6) is 0.204. The summed E-state index contributed by atoms with van der Waals surface area (Å²) < 4.78 is 0. The zero-order chi connectivity index (χ0) is 15.6. The van der Waals surface area contributed by atoms with E-state index < -0.39 is 5.97 Å². The Morgan fingerprint density at radius 3 is 1.85 bits per heavy atom. The van der Waals surface area contributed by atoms with Crippen LogP contribution in [0.5, 0.6) is 0 Å². The third-order valence-corrected chi connectivity index (χ3v) is 4.98. The molecule has 0 saturated heterocycles. The Bertz CT molecular complexity index is 194. The van der Waals surface area contributed by atoms with E-state index in [2.05, 4.69) is 34.5 Å². The van der Waals surface area contributed by atoms with Crippen LogP contribution in [0.1, 0.15) is 71.6 Å². The van der Waals surface area contributed by atoms with Crippen molar-refractivity contribution < 1.29 is 9.90 Å². The van der Waals surface area contributed by atoms with Crippen molar-refractivity contribution >= 4 is 44.4 Å². The lowest BCUT2D eigenvalue weighted by atomic mass is 10.1. The molecule has 0 aliphatic rings. The Labute approximate surface area is 142 Å².